The molecule has 166 valence electrons. The summed E-state index contributed by atoms with van der Waals surface area (Å²) in [6.07, 6.45) is 0.300. The molecule has 0 saturated heterocycles. The van der Waals surface area contributed by atoms with Crippen molar-refractivity contribution in [2.75, 3.05) is 17.7 Å². The molecule has 5 aromatic rings. The van der Waals surface area contributed by atoms with Gasteiger partial charge in [-0.3, -0.25) is 9.20 Å². The summed E-state index contributed by atoms with van der Waals surface area (Å²) in [5, 5.41) is 13.7. The fourth-order valence-electron chi connectivity index (χ4n) is 3.44. The first-order valence-corrected chi connectivity index (χ1v) is 12.2. The van der Waals surface area contributed by atoms with Crippen LogP contribution in [0.5, 0.6) is 0 Å². The van der Waals surface area contributed by atoms with Crippen molar-refractivity contribution in [3.8, 4) is 0 Å². The van der Waals surface area contributed by atoms with E-state index < -0.39 is 0 Å². The van der Waals surface area contributed by atoms with Gasteiger partial charge in [0.2, 0.25) is 5.91 Å². The monoisotopic (exact) mass is 477 g/mol. The molecule has 1 N–H and O–H groups in total. The number of thioether (sulfide) groups is 1. The molecule has 2 aromatic carbocycles. The predicted octanol–water partition coefficient (Wildman–Crippen LogP) is 4.79. The summed E-state index contributed by atoms with van der Waals surface area (Å²) >= 11 is 2.81. The van der Waals surface area contributed by atoms with Crippen LogP contribution in [0.3, 0.4) is 0 Å². The Morgan fingerprint density at radius 2 is 2.00 bits per heavy atom. The van der Waals surface area contributed by atoms with Crippen molar-refractivity contribution >= 4 is 66.9 Å². The lowest BCUT2D eigenvalue weighted by Crippen LogP contribution is -2.12. The zero-order chi connectivity index (χ0) is 22.8. The Labute approximate surface area is 197 Å². The lowest BCUT2D eigenvalue weighted by molar-refractivity contribution is -0.115. The Kier molecular flexibility index (Phi) is 5.93. The minimum absolute atomic E-state index is 0.133. The highest BCUT2D eigenvalue weighted by Gasteiger charge is 2.13. The number of ether oxygens (including phenoxy) is 1. The van der Waals surface area contributed by atoms with Crippen LogP contribution in [0.15, 0.2) is 59.8 Å². The van der Waals surface area contributed by atoms with Gasteiger partial charge in [-0.2, -0.15) is 0 Å². The number of para-hydroxylation sites is 1. The van der Waals surface area contributed by atoms with Gasteiger partial charge in [0.1, 0.15) is 0 Å². The summed E-state index contributed by atoms with van der Waals surface area (Å²) in [6.45, 7) is 2.09. The molecule has 0 radical (unpaired) electrons. The van der Waals surface area contributed by atoms with Crippen molar-refractivity contribution < 1.29 is 14.3 Å². The van der Waals surface area contributed by atoms with E-state index in [4.69, 9.17) is 4.74 Å². The highest BCUT2D eigenvalue weighted by atomic mass is 32.2. The average Bonchev–Trinajstić information content (AvgIpc) is 3.42. The number of hydrogen-bond acceptors (Lipinski definition) is 8. The topological polar surface area (TPSA) is 98.5 Å². The molecular formula is C23H19N5O3S2. The first-order valence-electron chi connectivity index (χ1n) is 10.4. The smallest absolute Gasteiger partial charge is 0.338 e. The molecule has 0 saturated carbocycles. The van der Waals surface area contributed by atoms with Crippen LogP contribution in [-0.4, -0.2) is 43.8 Å². The van der Waals surface area contributed by atoms with E-state index in [1.54, 1.807) is 25.1 Å². The van der Waals surface area contributed by atoms with E-state index in [2.05, 4.69) is 20.5 Å². The number of amides is 1. The third kappa shape index (κ3) is 4.39. The van der Waals surface area contributed by atoms with E-state index in [-0.39, 0.29) is 11.9 Å². The van der Waals surface area contributed by atoms with Gasteiger partial charge >= 0.3 is 5.97 Å². The maximum absolute atomic E-state index is 12.5. The molecule has 10 heteroatoms. The number of thiazole rings is 1. The Bertz CT molecular complexity index is 1490. The van der Waals surface area contributed by atoms with Crippen LogP contribution in [0.1, 0.15) is 23.7 Å². The van der Waals surface area contributed by atoms with Crippen molar-refractivity contribution in [2.45, 2.75) is 18.5 Å². The molecule has 0 unspecified atom stereocenters. The summed E-state index contributed by atoms with van der Waals surface area (Å²) in [4.78, 5) is 28.8. The van der Waals surface area contributed by atoms with Gasteiger partial charge in [-0.25, -0.2) is 9.78 Å². The van der Waals surface area contributed by atoms with Crippen LogP contribution in [-0.2, 0) is 9.53 Å². The van der Waals surface area contributed by atoms with E-state index >= 15 is 0 Å². The number of hydrogen-bond donors (Lipinski definition) is 1. The van der Waals surface area contributed by atoms with Crippen molar-refractivity contribution in [1.29, 1.82) is 0 Å². The first kappa shape index (κ1) is 21.4. The van der Waals surface area contributed by atoms with Gasteiger partial charge in [0.05, 0.1) is 27.9 Å². The van der Waals surface area contributed by atoms with Gasteiger partial charge in [0, 0.05) is 12.2 Å². The number of anilines is 1. The van der Waals surface area contributed by atoms with Crippen LogP contribution >= 0.6 is 23.1 Å². The molecule has 0 atom stereocenters. The fourth-order valence-corrected chi connectivity index (χ4v) is 5.25. The Balaban J connectivity index is 1.24. The second-order valence-corrected chi connectivity index (χ2v) is 9.23. The van der Waals surface area contributed by atoms with Crippen LogP contribution < -0.4 is 5.32 Å². The summed E-state index contributed by atoms with van der Waals surface area (Å²) < 4.78 is 7.85. The average molecular weight is 478 g/mol. The number of pyridine rings is 1. The maximum Gasteiger partial charge on any atom is 0.338 e. The van der Waals surface area contributed by atoms with Crippen LogP contribution in [0.2, 0.25) is 0 Å². The quantitative estimate of drug-likeness (QED) is 0.266. The number of aromatic nitrogens is 4. The fraction of sp³-hybridized carbons (Fsp3) is 0.174. The molecule has 0 bridgehead atoms. The third-order valence-electron chi connectivity index (χ3n) is 4.95. The second kappa shape index (κ2) is 9.16. The number of rotatable bonds is 7. The normalized spacial score (nSPS) is 11.3. The Morgan fingerprint density at radius 1 is 1.12 bits per heavy atom. The standard InChI is InChI=1S/C23H19N5O3S2/c1-2-31-21(30)15-7-9-16-18(13-15)33-22(24-16)25-20(29)11-12-32-23-27-26-19-10-8-14-5-3-4-6-17(14)28(19)23/h3-10,13H,2,11-12H2,1H3,(H,24,25,29). The summed E-state index contributed by atoms with van der Waals surface area (Å²) in [7, 11) is 0. The summed E-state index contributed by atoms with van der Waals surface area (Å²) in [6, 6.07) is 17.2. The van der Waals surface area contributed by atoms with Crippen molar-refractivity contribution in [3.05, 3.63) is 60.2 Å². The molecule has 33 heavy (non-hydrogen) atoms. The largest absolute Gasteiger partial charge is 0.462 e. The third-order valence-corrected chi connectivity index (χ3v) is 6.82. The minimum atomic E-state index is -0.371. The first-order chi connectivity index (χ1) is 16.1. The molecule has 0 fully saturated rings. The number of carbonyl (C=O) groups excluding carboxylic acids is 2. The van der Waals surface area contributed by atoms with Crippen molar-refractivity contribution in [2.24, 2.45) is 0 Å². The van der Waals surface area contributed by atoms with Gasteiger partial charge in [-0.05, 0) is 48.7 Å². The molecule has 5 rings (SSSR count). The van der Waals surface area contributed by atoms with E-state index in [9.17, 15) is 9.59 Å². The van der Waals surface area contributed by atoms with E-state index in [0.717, 1.165) is 31.9 Å². The zero-order valence-electron chi connectivity index (χ0n) is 17.6. The number of nitrogens with zero attached hydrogens (tertiary/aromatic N) is 4. The van der Waals surface area contributed by atoms with Gasteiger partial charge in [0.15, 0.2) is 15.9 Å². The molecule has 8 nitrogen and oxygen atoms in total. The lowest BCUT2D eigenvalue weighted by Gasteiger charge is -2.04. The lowest BCUT2D eigenvalue weighted by atomic mass is 10.2. The summed E-state index contributed by atoms with van der Waals surface area (Å²) in [5.74, 6) is 0.0448. The van der Waals surface area contributed by atoms with Gasteiger partial charge in [-0.15, -0.1) is 10.2 Å². The molecular weight excluding hydrogens is 458 g/mol. The van der Waals surface area contributed by atoms with Crippen LogP contribution in [0, 0.1) is 0 Å². The molecule has 0 aliphatic rings. The molecule has 3 heterocycles. The zero-order valence-corrected chi connectivity index (χ0v) is 19.3. The predicted molar refractivity (Wildman–Crippen MR) is 130 cm³/mol. The molecule has 1 amide bonds. The van der Waals surface area contributed by atoms with Crippen molar-refractivity contribution in [3.63, 3.8) is 0 Å². The van der Waals surface area contributed by atoms with Gasteiger partial charge in [-0.1, -0.05) is 41.3 Å². The molecule has 3 aromatic heterocycles. The summed E-state index contributed by atoms with van der Waals surface area (Å²) in [5.41, 5.74) is 3.00. The second-order valence-electron chi connectivity index (χ2n) is 7.14. The van der Waals surface area contributed by atoms with E-state index in [1.165, 1.54) is 23.1 Å². The Hall–Kier alpha value is -3.50. The molecule has 0 aliphatic carbocycles. The Morgan fingerprint density at radius 3 is 2.88 bits per heavy atom. The number of fused-ring (bicyclic) bond motifs is 4. The van der Waals surface area contributed by atoms with Gasteiger partial charge in [0.25, 0.3) is 0 Å². The van der Waals surface area contributed by atoms with E-state index in [1.807, 2.05) is 40.8 Å². The number of carbonyl (C=O) groups is 2. The van der Waals surface area contributed by atoms with Crippen LogP contribution in [0.4, 0.5) is 5.13 Å². The minimum Gasteiger partial charge on any atom is -0.462 e. The SMILES string of the molecule is CCOC(=O)c1ccc2nc(NC(=O)CCSc3nnc4ccc5ccccc5n34)sc2c1. The number of nitrogens with one attached hydrogen (secondary N) is 1. The van der Waals surface area contributed by atoms with Gasteiger partial charge < -0.3 is 10.1 Å². The highest BCUT2D eigenvalue weighted by molar-refractivity contribution is 7.99. The highest BCUT2D eigenvalue weighted by Crippen LogP contribution is 2.28. The van der Waals surface area contributed by atoms with Crippen molar-refractivity contribution in [1.82, 2.24) is 19.6 Å². The molecule has 0 aliphatic heterocycles. The molecule has 0 spiro atoms. The number of benzene rings is 2. The van der Waals surface area contributed by atoms with E-state index in [0.29, 0.717) is 29.5 Å². The van der Waals surface area contributed by atoms with Crippen LogP contribution in [0.25, 0.3) is 26.8 Å². The maximum atomic E-state index is 12.5. The number of esters is 1.